The second kappa shape index (κ2) is 7.86. The van der Waals surface area contributed by atoms with Crippen molar-refractivity contribution < 1.29 is 32.3 Å². The summed E-state index contributed by atoms with van der Waals surface area (Å²) in [5.74, 6) is -2.89. The molecule has 5 nitrogen and oxygen atoms in total. The number of nitrogens with one attached hydrogen (secondary N) is 1. The molecule has 0 aliphatic carbocycles. The second-order valence-electron chi connectivity index (χ2n) is 5.64. The Bertz CT molecular complexity index is 830. The number of hydrogen-bond donors (Lipinski definition) is 2. The number of aliphatic carboxylic acids is 1. The summed E-state index contributed by atoms with van der Waals surface area (Å²) in [7, 11) is 0. The van der Waals surface area contributed by atoms with Crippen LogP contribution in [0, 0.1) is 13.8 Å². The predicted octanol–water partition coefficient (Wildman–Crippen LogP) is 4.43. The van der Waals surface area contributed by atoms with Crippen molar-refractivity contribution in [2.75, 3.05) is 11.1 Å². The highest BCUT2D eigenvalue weighted by Gasteiger charge is 2.28. The van der Waals surface area contributed by atoms with E-state index in [0.717, 1.165) is 5.56 Å². The number of carbonyl (C=O) groups is 2. The van der Waals surface area contributed by atoms with E-state index < -0.39 is 30.2 Å². The summed E-state index contributed by atoms with van der Waals surface area (Å²) < 4.78 is 42.6. The molecule has 1 aromatic carbocycles. The van der Waals surface area contributed by atoms with Crippen LogP contribution in [0.1, 0.15) is 27.2 Å². The van der Waals surface area contributed by atoms with Crippen molar-refractivity contribution in [2.45, 2.75) is 31.3 Å². The van der Waals surface area contributed by atoms with Crippen LogP contribution in [0.3, 0.4) is 0 Å². The summed E-state index contributed by atoms with van der Waals surface area (Å²) in [5.41, 5.74) is 1.49. The Hall–Kier alpha value is -2.42. The lowest BCUT2D eigenvalue weighted by Gasteiger charge is -2.13. The molecule has 0 bridgehead atoms. The van der Waals surface area contributed by atoms with Crippen LogP contribution in [0.15, 0.2) is 33.8 Å². The van der Waals surface area contributed by atoms with Crippen LogP contribution in [0.4, 0.5) is 18.9 Å². The molecule has 0 fully saturated rings. The van der Waals surface area contributed by atoms with Gasteiger partial charge in [0.05, 0.1) is 23.3 Å². The standard InChI is InChI=1S/C17H16F3NO4S/c1-9-3-4-13(26-8-17(18,19)20)11(5-9)21-16(24)15-10(2)7-25-12(15)6-14(22)23/h3-5,7H,6,8H2,1-2H3,(H,21,24)(H,22,23). The molecular formula is C17H16F3NO4S. The van der Waals surface area contributed by atoms with Crippen molar-refractivity contribution in [3.63, 3.8) is 0 Å². The first-order valence-corrected chi connectivity index (χ1v) is 8.45. The molecule has 1 amide bonds. The fraction of sp³-hybridized carbons (Fsp3) is 0.294. The zero-order chi connectivity index (χ0) is 19.5. The van der Waals surface area contributed by atoms with Gasteiger partial charge in [-0.2, -0.15) is 13.2 Å². The molecule has 140 valence electrons. The second-order valence-corrected chi connectivity index (χ2v) is 6.66. The number of carboxylic acids is 1. The largest absolute Gasteiger partial charge is 0.481 e. The van der Waals surface area contributed by atoms with Crippen LogP contribution in [0.25, 0.3) is 0 Å². The maximum atomic E-state index is 12.6. The first kappa shape index (κ1) is 19.9. The Morgan fingerprint density at radius 3 is 2.58 bits per heavy atom. The molecule has 1 heterocycles. The quantitative estimate of drug-likeness (QED) is 0.717. The van der Waals surface area contributed by atoms with E-state index in [-0.39, 0.29) is 21.9 Å². The lowest BCUT2D eigenvalue weighted by molar-refractivity contribution is -0.136. The Kier molecular flexibility index (Phi) is 6.01. The van der Waals surface area contributed by atoms with Crippen molar-refractivity contribution in [3.05, 3.63) is 46.9 Å². The van der Waals surface area contributed by atoms with Crippen molar-refractivity contribution >= 4 is 29.3 Å². The molecular weight excluding hydrogens is 371 g/mol. The van der Waals surface area contributed by atoms with Gasteiger partial charge in [0.2, 0.25) is 0 Å². The van der Waals surface area contributed by atoms with Crippen LogP contribution in [-0.2, 0) is 11.2 Å². The fourth-order valence-corrected chi connectivity index (χ4v) is 3.03. The van der Waals surface area contributed by atoms with Crippen LogP contribution in [0.2, 0.25) is 0 Å². The summed E-state index contributed by atoms with van der Waals surface area (Å²) in [4.78, 5) is 23.7. The van der Waals surface area contributed by atoms with Crippen LogP contribution in [0.5, 0.6) is 0 Å². The molecule has 0 atom stereocenters. The van der Waals surface area contributed by atoms with Gasteiger partial charge in [0, 0.05) is 10.5 Å². The van der Waals surface area contributed by atoms with Gasteiger partial charge in [0.15, 0.2) is 0 Å². The highest BCUT2D eigenvalue weighted by molar-refractivity contribution is 7.99. The van der Waals surface area contributed by atoms with Gasteiger partial charge in [-0.15, -0.1) is 11.8 Å². The van der Waals surface area contributed by atoms with Gasteiger partial charge < -0.3 is 14.8 Å². The van der Waals surface area contributed by atoms with E-state index in [4.69, 9.17) is 9.52 Å². The van der Waals surface area contributed by atoms with Crippen LogP contribution >= 0.6 is 11.8 Å². The maximum absolute atomic E-state index is 12.6. The number of rotatable bonds is 6. The lowest BCUT2D eigenvalue weighted by atomic mass is 10.1. The molecule has 2 N–H and O–H groups in total. The van der Waals surface area contributed by atoms with Crippen LogP contribution < -0.4 is 5.32 Å². The Morgan fingerprint density at radius 1 is 1.27 bits per heavy atom. The number of carboxylic acid groups (broad SMARTS) is 1. The van der Waals surface area contributed by atoms with Gasteiger partial charge in [-0.25, -0.2) is 0 Å². The number of hydrogen-bond acceptors (Lipinski definition) is 4. The third kappa shape index (κ3) is 5.29. The van der Waals surface area contributed by atoms with E-state index in [2.05, 4.69) is 5.32 Å². The minimum atomic E-state index is -4.34. The highest BCUT2D eigenvalue weighted by Crippen LogP contribution is 2.33. The van der Waals surface area contributed by atoms with Gasteiger partial charge in [-0.3, -0.25) is 9.59 Å². The number of alkyl halides is 3. The zero-order valence-electron chi connectivity index (χ0n) is 13.9. The van der Waals surface area contributed by atoms with E-state index in [0.29, 0.717) is 17.3 Å². The van der Waals surface area contributed by atoms with E-state index in [1.807, 2.05) is 0 Å². The molecule has 1 aromatic heterocycles. The van der Waals surface area contributed by atoms with E-state index >= 15 is 0 Å². The molecule has 0 saturated carbocycles. The van der Waals surface area contributed by atoms with Crippen molar-refractivity contribution in [2.24, 2.45) is 0 Å². The molecule has 0 radical (unpaired) electrons. The highest BCUT2D eigenvalue weighted by atomic mass is 32.2. The average molecular weight is 387 g/mol. The number of aryl methyl sites for hydroxylation is 2. The number of amides is 1. The first-order chi connectivity index (χ1) is 12.1. The van der Waals surface area contributed by atoms with E-state index in [1.165, 1.54) is 12.3 Å². The molecule has 0 unspecified atom stereocenters. The third-order valence-electron chi connectivity index (χ3n) is 3.36. The molecule has 0 aliphatic rings. The Balaban J connectivity index is 2.28. The molecule has 2 rings (SSSR count). The summed E-state index contributed by atoms with van der Waals surface area (Å²) in [5, 5.41) is 11.5. The Morgan fingerprint density at radius 2 is 1.96 bits per heavy atom. The van der Waals surface area contributed by atoms with Crippen LogP contribution in [-0.4, -0.2) is 28.9 Å². The average Bonchev–Trinajstić information content (AvgIpc) is 2.85. The zero-order valence-corrected chi connectivity index (χ0v) is 14.8. The SMILES string of the molecule is Cc1ccc(SCC(F)(F)F)c(NC(=O)c2c(C)coc2CC(=O)O)c1. The summed E-state index contributed by atoms with van der Waals surface area (Å²) in [6.07, 6.45) is -3.55. The molecule has 26 heavy (non-hydrogen) atoms. The minimum Gasteiger partial charge on any atom is -0.481 e. The van der Waals surface area contributed by atoms with Crippen molar-refractivity contribution in [1.29, 1.82) is 0 Å². The van der Waals surface area contributed by atoms with Gasteiger partial charge in [0.25, 0.3) is 5.91 Å². The number of benzene rings is 1. The summed E-state index contributed by atoms with van der Waals surface area (Å²) in [6.45, 7) is 3.33. The topological polar surface area (TPSA) is 79.5 Å². The Labute approximate surface area is 151 Å². The number of thioether (sulfide) groups is 1. The lowest BCUT2D eigenvalue weighted by Crippen LogP contribution is -2.16. The number of anilines is 1. The predicted molar refractivity (Wildman–Crippen MR) is 90.7 cm³/mol. The number of halogens is 3. The molecule has 0 saturated heterocycles. The molecule has 2 aromatic rings. The van der Waals surface area contributed by atoms with E-state index in [9.17, 15) is 22.8 Å². The smallest absolute Gasteiger partial charge is 0.398 e. The fourth-order valence-electron chi connectivity index (χ4n) is 2.28. The van der Waals surface area contributed by atoms with Crippen molar-refractivity contribution in [1.82, 2.24) is 0 Å². The van der Waals surface area contributed by atoms with Gasteiger partial charge in [0.1, 0.15) is 12.2 Å². The summed E-state index contributed by atoms with van der Waals surface area (Å²) >= 11 is 0.564. The molecule has 0 aliphatic heterocycles. The molecule has 0 spiro atoms. The normalized spacial score (nSPS) is 11.4. The summed E-state index contributed by atoms with van der Waals surface area (Å²) in [6, 6.07) is 4.71. The first-order valence-electron chi connectivity index (χ1n) is 7.47. The van der Waals surface area contributed by atoms with Gasteiger partial charge in [-0.1, -0.05) is 6.07 Å². The number of furan rings is 1. The number of carbonyl (C=O) groups excluding carboxylic acids is 1. The monoisotopic (exact) mass is 387 g/mol. The van der Waals surface area contributed by atoms with Gasteiger partial charge in [-0.05, 0) is 31.5 Å². The maximum Gasteiger partial charge on any atom is 0.398 e. The van der Waals surface area contributed by atoms with Gasteiger partial charge >= 0.3 is 12.1 Å². The van der Waals surface area contributed by atoms with E-state index in [1.54, 1.807) is 26.0 Å². The minimum absolute atomic E-state index is 0.00959. The molecule has 9 heteroatoms. The third-order valence-corrected chi connectivity index (χ3v) is 4.50. The van der Waals surface area contributed by atoms with Crippen molar-refractivity contribution in [3.8, 4) is 0 Å².